The van der Waals surface area contributed by atoms with E-state index in [1.54, 1.807) is 6.07 Å². The van der Waals surface area contributed by atoms with Gasteiger partial charge in [0.25, 0.3) is 0 Å². The van der Waals surface area contributed by atoms with Crippen LogP contribution in [0.4, 0.5) is 23.2 Å². The number of hydrogen-bond donors (Lipinski definition) is 1. The van der Waals surface area contributed by atoms with Crippen molar-refractivity contribution in [3.63, 3.8) is 0 Å². The van der Waals surface area contributed by atoms with E-state index in [1.807, 2.05) is 13.8 Å². The number of benzene rings is 1. The van der Waals surface area contributed by atoms with E-state index in [4.69, 9.17) is 0 Å². The molecule has 6 heteroatoms. The molecule has 0 spiro atoms. The average molecular weight is 292 g/mol. The molecule has 1 N–H and O–H groups in total. The predicted molar refractivity (Wildman–Crippen MR) is 72.4 cm³/mol. The van der Waals surface area contributed by atoms with Crippen LogP contribution in [0.1, 0.15) is 31.9 Å². The first-order valence-electron chi connectivity index (χ1n) is 6.55. The minimum Gasteiger partial charge on any atom is -0.372 e. The lowest BCUT2D eigenvalue weighted by Crippen LogP contribution is -2.25. The quantitative estimate of drug-likeness (QED) is 0.800. The van der Waals surface area contributed by atoms with Gasteiger partial charge in [-0.2, -0.15) is 13.2 Å². The Kier molecular flexibility index (Phi) is 5.80. The molecule has 2 nitrogen and oxygen atoms in total. The predicted octanol–water partition coefficient (Wildman–Crippen LogP) is 3.88. The highest BCUT2D eigenvalue weighted by Crippen LogP contribution is 2.25. The van der Waals surface area contributed by atoms with Gasteiger partial charge in [0, 0.05) is 19.6 Å². The van der Waals surface area contributed by atoms with Crippen molar-refractivity contribution in [3.05, 3.63) is 29.6 Å². The molecule has 0 saturated heterocycles. The van der Waals surface area contributed by atoms with E-state index in [9.17, 15) is 17.6 Å². The summed E-state index contributed by atoms with van der Waals surface area (Å²) < 4.78 is 50.4. The monoisotopic (exact) mass is 292 g/mol. The van der Waals surface area contributed by atoms with Crippen LogP contribution < -0.4 is 10.2 Å². The number of nitrogens with one attached hydrogen (secondary N) is 1. The van der Waals surface area contributed by atoms with Gasteiger partial charge >= 0.3 is 6.18 Å². The van der Waals surface area contributed by atoms with E-state index >= 15 is 0 Å². The second kappa shape index (κ2) is 6.92. The smallest absolute Gasteiger partial charge is 0.372 e. The molecule has 1 aromatic rings. The van der Waals surface area contributed by atoms with Gasteiger partial charge in [-0.1, -0.05) is 13.0 Å². The number of nitrogens with zero attached hydrogens (tertiary/aromatic N) is 1. The van der Waals surface area contributed by atoms with Crippen molar-refractivity contribution in [2.24, 2.45) is 0 Å². The van der Waals surface area contributed by atoms with Crippen LogP contribution in [0.15, 0.2) is 18.2 Å². The van der Waals surface area contributed by atoms with E-state index in [2.05, 4.69) is 5.32 Å². The molecule has 0 amide bonds. The highest BCUT2D eigenvalue weighted by Gasteiger charge is 2.27. The van der Waals surface area contributed by atoms with Gasteiger partial charge in [-0.15, -0.1) is 0 Å². The Morgan fingerprint density at radius 1 is 1.30 bits per heavy atom. The lowest BCUT2D eigenvalue weighted by Gasteiger charge is -2.22. The molecule has 0 aromatic heterocycles. The molecule has 0 aliphatic rings. The molecule has 0 fully saturated rings. The van der Waals surface area contributed by atoms with E-state index in [1.165, 1.54) is 24.1 Å². The summed E-state index contributed by atoms with van der Waals surface area (Å²) in [6.45, 7) is 4.36. The van der Waals surface area contributed by atoms with Gasteiger partial charge in [-0.3, -0.25) is 0 Å². The zero-order chi connectivity index (χ0) is 15.3. The van der Waals surface area contributed by atoms with Crippen LogP contribution in [0.25, 0.3) is 0 Å². The van der Waals surface area contributed by atoms with Crippen molar-refractivity contribution < 1.29 is 17.6 Å². The summed E-state index contributed by atoms with van der Waals surface area (Å²) in [6, 6.07) is 4.63. The largest absolute Gasteiger partial charge is 0.390 e. The molecule has 20 heavy (non-hydrogen) atoms. The highest BCUT2D eigenvalue weighted by atomic mass is 19.4. The Bertz CT molecular complexity index is 432. The Labute approximate surface area is 116 Å². The molecular formula is C14H20F4N2. The molecule has 114 valence electrons. The van der Waals surface area contributed by atoms with Crippen LogP contribution in [-0.4, -0.2) is 26.3 Å². The van der Waals surface area contributed by atoms with Gasteiger partial charge in [-0.05, 0) is 31.2 Å². The minimum absolute atomic E-state index is 0.00373. The topological polar surface area (TPSA) is 15.3 Å². The lowest BCUT2D eigenvalue weighted by atomic mass is 10.1. The number of anilines is 1. The van der Waals surface area contributed by atoms with Gasteiger partial charge in [0.2, 0.25) is 0 Å². The summed E-state index contributed by atoms with van der Waals surface area (Å²) >= 11 is 0. The van der Waals surface area contributed by atoms with Gasteiger partial charge in [0.1, 0.15) is 5.82 Å². The normalized spacial score (nSPS) is 13.3. The van der Waals surface area contributed by atoms with Crippen LogP contribution in [-0.2, 0) is 0 Å². The summed E-state index contributed by atoms with van der Waals surface area (Å²) in [5.74, 6) is -0.503. The fraction of sp³-hybridized carbons (Fsp3) is 0.571. The minimum atomic E-state index is -4.23. The number of hydrogen-bond acceptors (Lipinski definition) is 2. The van der Waals surface area contributed by atoms with Gasteiger partial charge in [0.05, 0.1) is 12.1 Å². The van der Waals surface area contributed by atoms with Gasteiger partial charge in [-0.25, -0.2) is 4.39 Å². The third-order valence-electron chi connectivity index (χ3n) is 3.12. The maximum atomic E-state index is 14.0. The summed E-state index contributed by atoms with van der Waals surface area (Å²) in [7, 11) is 1.46. The maximum absolute atomic E-state index is 14.0. The second-order valence-electron chi connectivity index (χ2n) is 4.78. The Balaban J connectivity index is 2.77. The van der Waals surface area contributed by atoms with Crippen molar-refractivity contribution in [1.82, 2.24) is 5.32 Å². The Morgan fingerprint density at radius 2 is 1.95 bits per heavy atom. The fourth-order valence-electron chi connectivity index (χ4n) is 1.94. The van der Waals surface area contributed by atoms with Crippen LogP contribution in [0.5, 0.6) is 0 Å². The highest BCUT2D eigenvalue weighted by molar-refractivity contribution is 5.48. The van der Waals surface area contributed by atoms with Gasteiger partial charge < -0.3 is 10.2 Å². The first kappa shape index (κ1) is 16.8. The lowest BCUT2D eigenvalue weighted by molar-refractivity contribution is -0.132. The maximum Gasteiger partial charge on any atom is 0.390 e. The second-order valence-corrected chi connectivity index (χ2v) is 4.78. The SMILES string of the molecule is CCNC(C)c1ccc(N(C)CCC(F)(F)F)c(F)c1. The van der Waals surface area contributed by atoms with Crippen LogP contribution in [0.3, 0.4) is 0 Å². The van der Waals surface area contributed by atoms with Crippen LogP contribution >= 0.6 is 0 Å². The van der Waals surface area contributed by atoms with E-state index < -0.39 is 18.4 Å². The molecule has 0 bridgehead atoms. The number of halogens is 4. The Hall–Kier alpha value is -1.30. The molecular weight excluding hydrogens is 272 g/mol. The molecule has 1 aromatic carbocycles. The average Bonchev–Trinajstić information content (AvgIpc) is 2.35. The summed E-state index contributed by atoms with van der Waals surface area (Å²) in [5.41, 5.74) is 0.957. The fourth-order valence-corrected chi connectivity index (χ4v) is 1.94. The molecule has 0 aliphatic heterocycles. The Morgan fingerprint density at radius 3 is 2.45 bits per heavy atom. The third-order valence-corrected chi connectivity index (χ3v) is 3.12. The zero-order valence-electron chi connectivity index (χ0n) is 11.9. The summed E-state index contributed by atoms with van der Waals surface area (Å²) in [4.78, 5) is 1.28. The third kappa shape index (κ3) is 5.00. The van der Waals surface area contributed by atoms with Gasteiger partial charge in [0.15, 0.2) is 0 Å². The van der Waals surface area contributed by atoms with E-state index in [-0.39, 0.29) is 18.3 Å². The summed E-state index contributed by atoms with van der Waals surface area (Å²) in [5, 5.41) is 3.15. The van der Waals surface area contributed by atoms with Crippen LogP contribution in [0.2, 0.25) is 0 Å². The molecule has 1 atom stereocenters. The summed E-state index contributed by atoms with van der Waals surface area (Å²) in [6.07, 6.45) is -5.19. The first-order chi connectivity index (χ1) is 9.24. The van der Waals surface area contributed by atoms with Crippen molar-refractivity contribution in [2.75, 3.05) is 25.0 Å². The van der Waals surface area contributed by atoms with E-state index in [0.717, 1.165) is 12.1 Å². The van der Waals surface area contributed by atoms with Crippen molar-refractivity contribution in [2.45, 2.75) is 32.5 Å². The first-order valence-corrected chi connectivity index (χ1v) is 6.55. The van der Waals surface area contributed by atoms with Crippen molar-refractivity contribution in [3.8, 4) is 0 Å². The molecule has 0 aliphatic carbocycles. The van der Waals surface area contributed by atoms with E-state index in [0.29, 0.717) is 0 Å². The molecule has 0 radical (unpaired) electrons. The van der Waals surface area contributed by atoms with Crippen molar-refractivity contribution in [1.29, 1.82) is 0 Å². The van der Waals surface area contributed by atoms with Crippen LogP contribution in [0, 0.1) is 5.82 Å². The number of rotatable bonds is 6. The molecule has 0 heterocycles. The standard InChI is InChI=1S/C14H20F4N2/c1-4-19-10(2)11-5-6-13(12(15)9-11)20(3)8-7-14(16,17)18/h5-6,9-10,19H,4,7-8H2,1-3H3. The molecule has 1 unspecified atom stereocenters. The van der Waals surface area contributed by atoms with Crippen molar-refractivity contribution >= 4 is 5.69 Å². The molecule has 0 saturated carbocycles. The zero-order valence-corrected chi connectivity index (χ0v) is 11.9. The molecule has 1 rings (SSSR count). The number of alkyl halides is 3.